The molecule has 0 bridgehead atoms. The summed E-state index contributed by atoms with van der Waals surface area (Å²) in [6, 6.07) is 0. The Balaban J connectivity index is 2.38. The van der Waals surface area contributed by atoms with Crippen LogP contribution in [0.15, 0.2) is 4.99 Å². The number of hydrogen-bond donors (Lipinski definition) is 1. The zero-order valence-electron chi connectivity index (χ0n) is 3.26. The number of nitrogens with zero attached hydrogens (tertiary/aromatic N) is 1. The number of aliphatic imine (C=N–C) groups is 1. The maximum atomic E-state index is 11.8. The van der Waals surface area contributed by atoms with Crippen LogP contribution in [-0.4, -0.2) is 17.8 Å². The third-order valence-electron chi connectivity index (χ3n) is 0.650. The Morgan fingerprint density at radius 2 is 2.67 bits per heavy atom. The van der Waals surface area contributed by atoms with Gasteiger partial charge in [0.25, 0.3) is 0 Å². The molecule has 0 aromatic carbocycles. The second-order valence-corrected chi connectivity index (χ2v) is 2.62. The standard InChI is InChI=1S/C3H6FNS/c4-6-2-1-5-3-6/h3,6H,1-2H2. The van der Waals surface area contributed by atoms with Crippen LogP contribution in [0.5, 0.6) is 0 Å². The van der Waals surface area contributed by atoms with Crippen LogP contribution in [0.4, 0.5) is 3.89 Å². The second kappa shape index (κ2) is 1.60. The molecule has 1 aliphatic heterocycles. The van der Waals surface area contributed by atoms with Crippen molar-refractivity contribution in [1.82, 2.24) is 0 Å². The molecule has 1 aliphatic rings. The molecule has 0 radical (unpaired) electrons. The first-order valence-electron chi connectivity index (χ1n) is 1.82. The van der Waals surface area contributed by atoms with E-state index in [-0.39, 0.29) is 0 Å². The predicted octanol–water partition coefficient (Wildman–Crippen LogP) is 0.914. The van der Waals surface area contributed by atoms with Crippen LogP contribution < -0.4 is 0 Å². The summed E-state index contributed by atoms with van der Waals surface area (Å²) in [7, 11) is 0. The van der Waals surface area contributed by atoms with E-state index in [0.717, 1.165) is 0 Å². The monoisotopic (exact) mass is 107 g/mol. The normalized spacial score (nSPS) is 37.8. The van der Waals surface area contributed by atoms with E-state index in [1.165, 1.54) is 5.55 Å². The van der Waals surface area contributed by atoms with Crippen molar-refractivity contribution in [2.45, 2.75) is 0 Å². The fourth-order valence-corrected chi connectivity index (χ4v) is 1.07. The van der Waals surface area contributed by atoms with Crippen molar-refractivity contribution in [2.24, 2.45) is 4.99 Å². The van der Waals surface area contributed by atoms with Crippen molar-refractivity contribution >= 4 is 16.8 Å². The van der Waals surface area contributed by atoms with Gasteiger partial charge in [-0.05, 0) is 0 Å². The molecule has 6 heavy (non-hydrogen) atoms. The Bertz CT molecular complexity index is 73.2. The Hall–Kier alpha value is -0.0500. The lowest BCUT2D eigenvalue weighted by Gasteiger charge is -1.88. The summed E-state index contributed by atoms with van der Waals surface area (Å²) in [4.78, 5) is 3.69. The molecule has 1 unspecified atom stereocenters. The highest BCUT2D eigenvalue weighted by Crippen LogP contribution is 2.25. The molecule has 1 heterocycles. The van der Waals surface area contributed by atoms with Crippen molar-refractivity contribution in [3.05, 3.63) is 0 Å². The first kappa shape index (κ1) is 4.12. The molecule has 0 saturated carbocycles. The summed E-state index contributed by atoms with van der Waals surface area (Å²) in [6.45, 7) is 0.711. The molecular weight excluding hydrogens is 101 g/mol. The highest BCUT2D eigenvalue weighted by Gasteiger charge is 2.00. The zero-order chi connectivity index (χ0) is 4.41. The van der Waals surface area contributed by atoms with Gasteiger partial charge in [-0.2, -0.15) is 3.89 Å². The summed E-state index contributed by atoms with van der Waals surface area (Å²) in [5.74, 6) is 0.662. The highest BCUT2D eigenvalue weighted by atomic mass is 32.2. The molecule has 1 nitrogen and oxygen atoms in total. The largest absolute Gasteiger partial charge is 0.285 e. The lowest BCUT2D eigenvalue weighted by Crippen LogP contribution is -1.74. The van der Waals surface area contributed by atoms with Gasteiger partial charge in [0.05, 0.1) is 5.55 Å². The van der Waals surface area contributed by atoms with E-state index in [1.807, 2.05) is 0 Å². The van der Waals surface area contributed by atoms with Crippen LogP contribution in [-0.2, 0) is 0 Å². The molecule has 0 aromatic rings. The van der Waals surface area contributed by atoms with Gasteiger partial charge in [-0.15, -0.1) is 0 Å². The van der Waals surface area contributed by atoms with E-state index >= 15 is 0 Å². The maximum absolute atomic E-state index is 11.8. The minimum atomic E-state index is -1.26. The first-order chi connectivity index (χ1) is 2.89. The molecule has 1 rings (SSSR count). The van der Waals surface area contributed by atoms with E-state index < -0.39 is 11.3 Å². The third kappa shape index (κ3) is 0.712. The molecule has 0 aromatic heterocycles. The topological polar surface area (TPSA) is 12.4 Å². The molecule has 0 aliphatic carbocycles. The molecule has 0 spiro atoms. The second-order valence-electron chi connectivity index (χ2n) is 1.14. The van der Waals surface area contributed by atoms with E-state index in [1.54, 1.807) is 0 Å². The van der Waals surface area contributed by atoms with E-state index in [9.17, 15) is 3.89 Å². The molecule has 0 N–H and O–H groups in total. The SMILES string of the molecule is F[SH]1C=NCC1. The average Bonchev–Trinajstić information content (AvgIpc) is 1.86. The third-order valence-corrected chi connectivity index (χ3v) is 1.69. The number of hydrogen-bond acceptors (Lipinski definition) is 1. The summed E-state index contributed by atoms with van der Waals surface area (Å²) in [5.41, 5.74) is 1.43. The van der Waals surface area contributed by atoms with Crippen LogP contribution in [0.25, 0.3) is 0 Å². The summed E-state index contributed by atoms with van der Waals surface area (Å²) in [6.07, 6.45) is 0. The van der Waals surface area contributed by atoms with Gasteiger partial charge in [0.15, 0.2) is 0 Å². The van der Waals surface area contributed by atoms with Gasteiger partial charge in [-0.3, -0.25) is 4.99 Å². The van der Waals surface area contributed by atoms with Gasteiger partial charge >= 0.3 is 0 Å². The van der Waals surface area contributed by atoms with Crippen molar-refractivity contribution in [1.29, 1.82) is 0 Å². The molecule has 0 amide bonds. The smallest absolute Gasteiger partial charge is 0.0613 e. The lowest BCUT2D eigenvalue weighted by molar-refractivity contribution is 0.927. The van der Waals surface area contributed by atoms with Crippen LogP contribution >= 0.6 is 11.3 Å². The quantitative estimate of drug-likeness (QED) is 0.442. The number of rotatable bonds is 0. The molecule has 0 saturated heterocycles. The Kier molecular flexibility index (Phi) is 1.10. The molecule has 1 atom stereocenters. The molecular formula is C3H6FNS. The first-order valence-corrected chi connectivity index (χ1v) is 3.30. The van der Waals surface area contributed by atoms with E-state index in [0.29, 0.717) is 12.3 Å². The molecule has 36 valence electrons. The van der Waals surface area contributed by atoms with Gasteiger partial charge in [0.1, 0.15) is 0 Å². The van der Waals surface area contributed by atoms with Crippen LogP contribution in [0, 0.1) is 0 Å². The maximum Gasteiger partial charge on any atom is 0.0613 e. The van der Waals surface area contributed by atoms with Gasteiger partial charge in [0.2, 0.25) is 0 Å². The Labute approximate surface area is 38.9 Å². The van der Waals surface area contributed by atoms with Gasteiger partial charge in [-0.1, -0.05) is 11.3 Å². The van der Waals surface area contributed by atoms with Crippen molar-refractivity contribution < 1.29 is 3.89 Å². The molecule has 3 heteroatoms. The summed E-state index contributed by atoms with van der Waals surface area (Å²) >= 11 is -1.26. The van der Waals surface area contributed by atoms with Crippen molar-refractivity contribution in [3.8, 4) is 0 Å². The van der Waals surface area contributed by atoms with Gasteiger partial charge < -0.3 is 0 Å². The van der Waals surface area contributed by atoms with E-state index in [2.05, 4.69) is 4.99 Å². The molecule has 0 fully saturated rings. The summed E-state index contributed by atoms with van der Waals surface area (Å²) < 4.78 is 11.8. The highest BCUT2D eigenvalue weighted by molar-refractivity contribution is 8.24. The number of thiol groups is 1. The predicted molar refractivity (Wildman–Crippen MR) is 28.3 cm³/mol. The fraction of sp³-hybridized carbons (Fsp3) is 0.667. The van der Waals surface area contributed by atoms with Crippen LogP contribution in [0.2, 0.25) is 0 Å². The summed E-state index contributed by atoms with van der Waals surface area (Å²) in [5, 5.41) is 0. The average molecular weight is 107 g/mol. The van der Waals surface area contributed by atoms with E-state index in [4.69, 9.17) is 0 Å². The van der Waals surface area contributed by atoms with Crippen LogP contribution in [0.3, 0.4) is 0 Å². The van der Waals surface area contributed by atoms with Crippen LogP contribution in [0.1, 0.15) is 0 Å². The Morgan fingerprint density at radius 1 is 1.83 bits per heavy atom. The van der Waals surface area contributed by atoms with Gasteiger partial charge in [-0.25, -0.2) is 0 Å². The Morgan fingerprint density at radius 3 is 2.83 bits per heavy atom. The van der Waals surface area contributed by atoms with Gasteiger partial charge in [0, 0.05) is 12.3 Å². The van der Waals surface area contributed by atoms with Crippen molar-refractivity contribution in [3.63, 3.8) is 0 Å². The zero-order valence-corrected chi connectivity index (χ0v) is 4.16. The number of halogens is 1. The minimum absolute atomic E-state index is 0.662. The van der Waals surface area contributed by atoms with Crippen molar-refractivity contribution in [2.75, 3.05) is 12.3 Å². The lowest BCUT2D eigenvalue weighted by atomic mass is 10.8. The fourth-order valence-electron chi connectivity index (χ4n) is 0.357. The minimum Gasteiger partial charge on any atom is -0.285 e.